The number of likely N-dealkylation sites (tertiary alicyclic amines) is 2. The number of rotatable bonds is 3. The zero-order valence-corrected chi connectivity index (χ0v) is 14.6. The lowest BCUT2D eigenvalue weighted by molar-refractivity contribution is -0.158. The smallest absolute Gasteiger partial charge is 0.260 e. The maximum Gasteiger partial charge on any atom is 0.260 e. The number of aryl methyl sites for hydroxylation is 2. The Hall–Kier alpha value is -1.43. The average molecular weight is 335 g/mol. The fourth-order valence-corrected chi connectivity index (χ4v) is 4.48. The Balaban J connectivity index is 1.47. The molecule has 3 aliphatic rings. The van der Waals surface area contributed by atoms with E-state index in [4.69, 9.17) is 4.52 Å². The van der Waals surface area contributed by atoms with Gasteiger partial charge in [0, 0.05) is 37.3 Å². The fraction of sp³-hybridized carbons (Fsp3) is 0.778. The highest BCUT2D eigenvalue weighted by Crippen LogP contribution is 2.43. The summed E-state index contributed by atoms with van der Waals surface area (Å²) in [6, 6.07) is 0. The molecule has 1 amide bonds. The highest BCUT2D eigenvalue weighted by atomic mass is 19.1. The van der Waals surface area contributed by atoms with Crippen LogP contribution in [-0.2, 0) is 11.3 Å². The van der Waals surface area contributed by atoms with Crippen molar-refractivity contribution in [2.45, 2.75) is 70.1 Å². The van der Waals surface area contributed by atoms with Gasteiger partial charge in [0.1, 0.15) is 5.76 Å². The van der Waals surface area contributed by atoms with Crippen LogP contribution in [0.3, 0.4) is 0 Å². The molecule has 4 rings (SSSR count). The highest BCUT2D eigenvalue weighted by Gasteiger charge is 2.52. The number of carbonyl (C=O) groups excluding carboxylic acids is 1. The molecule has 3 fully saturated rings. The molecule has 2 saturated heterocycles. The largest absolute Gasteiger partial charge is 0.361 e. The van der Waals surface area contributed by atoms with Crippen LogP contribution >= 0.6 is 0 Å². The van der Waals surface area contributed by atoms with Gasteiger partial charge < -0.3 is 9.42 Å². The zero-order valence-electron chi connectivity index (χ0n) is 14.6. The number of piperidine rings is 1. The van der Waals surface area contributed by atoms with Crippen LogP contribution in [0.5, 0.6) is 0 Å². The lowest BCUT2D eigenvalue weighted by Crippen LogP contribution is -2.68. The van der Waals surface area contributed by atoms with Gasteiger partial charge in [-0.2, -0.15) is 0 Å². The van der Waals surface area contributed by atoms with Crippen molar-refractivity contribution in [3.63, 3.8) is 0 Å². The second-order valence-corrected chi connectivity index (χ2v) is 7.85. The summed E-state index contributed by atoms with van der Waals surface area (Å²) in [5.74, 6) is 0.604. The van der Waals surface area contributed by atoms with E-state index in [0.29, 0.717) is 25.9 Å². The number of nitrogens with zero attached hydrogens (tertiary/aromatic N) is 3. The molecule has 1 saturated carbocycles. The van der Waals surface area contributed by atoms with Gasteiger partial charge in [0.25, 0.3) is 5.91 Å². The molecule has 0 radical (unpaired) electrons. The predicted octanol–water partition coefficient (Wildman–Crippen LogP) is 2.75. The fourth-order valence-electron chi connectivity index (χ4n) is 4.48. The van der Waals surface area contributed by atoms with E-state index in [2.05, 4.69) is 10.1 Å². The minimum atomic E-state index is -1.57. The van der Waals surface area contributed by atoms with Crippen molar-refractivity contribution in [2.24, 2.45) is 0 Å². The van der Waals surface area contributed by atoms with Crippen LogP contribution in [0.25, 0.3) is 0 Å². The molecule has 0 unspecified atom stereocenters. The van der Waals surface area contributed by atoms with Crippen molar-refractivity contribution < 1.29 is 13.7 Å². The standard InChI is InChI=1S/C18H26FN3O2/c1-13-15(14(2)24-20-13)11-22-10-8-17(22)5-4-9-21(12-17)16(23)18(19)6-3-7-18/h3-12H2,1-2H3/t17-/m1/s1. The lowest BCUT2D eigenvalue weighted by Gasteiger charge is -2.57. The van der Waals surface area contributed by atoms with Gasteiger partial charge >= 0.3 is 0 Å². The average Bonchev–Trinajstić information content (AvgIpc) is 2.87. The topological polar surface area (TPSA) is 49.6 Å². The molecule has 1 aromatic heterocycles. The summed E-state index contributed by atoms with van der Waals surface area (Å²) in [5, 5.41) is 4.04. The lowest BCUT2D eigenvalue weighted by atomic mass is 9.75. The number of hydrogen-bond donors (Lipinski definition) is 0. The molecule has 1 aromatic rings. The van der Waals surface area contributed by atoms with E-state index >= 15 is 0 Å². The summed E-state index contributed by atoms with van der Waals surface area (Å²) < 4.78 is 19.8. The molecule has 132 valence electrons. The molecule has 0 N–H and O–H groups in total. The van der Waals surface area contributed by atoms with Gasteiger partial charge in [0.15, 0.2) is 5.67 Å². The summed E-state index contributed by atoms with van der Waals surface area (Å²) in [7, 11) is 0. The first kappa shape index (κ1) is 16.1. The Morgan fingerprint density at radius 2 is 2.00 bits per heavy atom. The van der Waals surface area contributed by atoms with Crippen LogP contribution in [-0.4, -0.2) is 51.7 Å². The van der Waals surface area contributed by atoms with Crippen molar-refractivity contribution in [1.29, 1.82) is 0 Å². The van der Waals surface area contributed by atoms with Crippen LogP contribution in [0, 0.1) is 13.8 Å². The van der Waals surface area contributed by atoms with E-state index in [-0.39, 0.29) is 11.4 Å². The minimum Gasteiger partial charge on any atom is -0.361 e. The number of halogens is 1. The molecule has 1 aliphatic carbocycles. The third-order valence-electron chi connectivity index (χ3n) is 6.42. The Bertz CT molecular complexity index is 635. The maximum atomic E-state index is 14.5. The van der Waals surface area contributed by atoms with Crippen molar-refractivity contribution in [3.8, 4) is 0 Å². The first-order chi connectivity index (χ1) is 11.4. The van der Waals surface area contributed by atoms with Crippen LogP contribution < -0.4 is 0 Å². The second kappa shape index (κ2) is 5.55. The van der Waals surface area contributed by atoms with E-state index in [1.54, 1.807) is 4.90 Å². The summed E-state index contributed by atoms with van der Waals surface area (Å²) in [5.41, 5.74) is 0.535. The molecular formula is C18H26FN3O2. The summed E-state index contributed by atoms with van der Waals surface area (Å²) in [4.78, 5) is 16.8. The van der Waals surface area contributed by atoms with Crippen LogP contribution in [0.2, 0.25) is 0 Å². The van der Waals surface area contributed by atoms with E-state index in [0.717, 1.165) is 55.8 Å². The van der Waals surface area contributed by atoms with Gasteiger partial charge in [-0.3, -0.25) is 9.69 Å². The number of hydrogen-bond acceptors (Lipinski definition) is 4. The Morgan fingerprint density at radius 3 is 2.54 bits per heavy atom. The summed E-state index contributed by atoms with van der Waals surface area (Å²) >= 11 is 0. The van der Waals surface area contributed by atoms with Crippen LogP contribution in [0.15, 0.2) is 4.52 Å². The Labute approximate surface area is 142 Å². The summed E-state index contributed by atoms with van der Waals surface area (Å²) in [6.45, 7) is 7.11. The van der Waals surface area contributed by atoms with Crippen LogP contribution in [0.1, 0.15) is 55.5 Å². The highest BCUT2D eigenvalue weighted by molar-refractivity contribution is 5.86. The summed E-state index contributed by atoms with van der Waals surface area (Å²) in [6.07, 6.45) is 4.76. The second-order valence-electron chi connectivity index (χ2n) is 7.85. The number of alkyl halides is 1. The first-order valence-electron chi connectivity index (χ1n) is 9.09. The molecule has 3 heterocycles. The van der Waals surface area contributed by atoms with Crippen molar-refractivity contribution in [1.82, 2.24) is 15.0 Å². The normalized spacial score (nSPS) is 29.4. The molecule has 1 spiro atoms. The van der Waals surface area contributed by atoms with E-state index in [1.807, 2.05) is 13.8 Å². The molecule has 6 heteroatoms. The predicted molar refractivity (Wildman–Crippen MR) is 87.2 cm³/mol. The van der Waals surface area contributed by atoms with Gasteiger partial charge in [0.05, 0.1) is 5.69 Å². The Morgan fingerprint density at radius 1 is 1.21 bits per heavy atom. The van der Waals surface area contributed by atoms with Gasteiger partial charge in [-0.05, 0) is 52.4 Å². The number of aromatic nitrogens is 1. The van der Waals surface area contributed by atoms with Crippen molar-refractivity contribution in [3.05, 3.63) is 17.0 Å². The molecule has 5 nitrogen and oxygen atoms in total. The number of amides is 1. The van der Waals surface area contributed by atoms with Gasteiger partial charge in [0.2, 0.25) is 0 Å². The number of carbonyl (C=O) groups is 1. The molecule has 24 heavy (non-hydrogen) atoms. The molecule has 1 atom stereocenters. The molecular weight excluding hydrogens is 309 g/mol. The maximum absolute atomic E-state index is 14.5. The van der Waals surface area contributed by atoms with Gasteiger partial charge in [-0.1, -0.05) is 5.16 Å². The molecule has 0 aromatic carbocycles. The minimum absolute atomic E-state index is 0.0180. The SMILES string of the molecule is Cc1noc(C)c1CN1CC[C@@]12CCCN(C(=O)C1(F)CCC1)C2. The first-order valence-corrected chi connectivity index (χ1v) is 9.09. The molecule has 0 bridgehead atoms. The van der Waals surface area contributed by atoms with E-state index in [1.165, 1.54) is 0 Å². The third kappa shape index (κ3) is 2.38. The van der Waals surface area contributed by atoms with Gasteiger partial charge in [-0.15, -0.1) is 0 Å². The third-order valence-corrected chi connectivity index (χ3v) is 6.42. The van der Waals surface area contributed by atoms with Crippen molar-refractivity contribution in [2.75, 3.05) is 19.6 Å². The van der Waals surface area contributed by atoms with Crippen LogP contribution in [0.4, 0.5) is 4.39 Å². The van der Waals surface area contributed by atoms with E-state index in [9.17, 15) is 9.18 Å². The zero-order chi connectivity index (χ0) is 16.9. The van der Waals surface area contributed by atoms with Gasteiger partial charge in [-0.25, -0.2) is 4.39 Å². The van der Waals surface area contributed by atoms with Crippen molar-refractivity contribution >= 4 is 5.91 Å². The molecule has 2 aliphatic heterocycles. The monoisotopic (exact) mass is 335 g/mol. The Kier molecular flexibility index (Phi) is 3.71. The quantitative estimate of drug-likeness (QED) is 0.852. The van der Waals surface area contributed by atoms with E-state index < -0.39 is 5.67 Å².